The summed E-state index contributed by atoms with van der Waals surface area (Å²) in [6, 6.07) is 8.74. The molecule has 1 aromatic rings. The maximum absolute atomic E-state index is 5.22. The molecule has 0 saturated heterocycles. The van der Waals surface area contributed by atoms with Gasteiger partial charge in [0.1, 0.15) is 5.75 Å². The van der Waals surface area contributed by atoms with Crippen molar-refractivity contribution in [2.24, 2.45) is 0 Å². The lowest BCUT2D eigenvalue weighted by Gasteiger charge is -2.20. The highest BCUT2D eigenvalue weighted by Gasteiger charge is 2.02. The second-order valence-electron chi connectivity index (χ2n) is 4.59. The standard InChI is InChI=1S/C14H24N2O/c1-12(2)15-9-6-10-16(3)13-7-5-8-14(11-13)17-4/h5,7-8,11-12,15H,6,9-10H2,1-4H3. The largest absolute Gasteiger partial charge is 0.497 e. The molecule has 0 aliphatic carbocycles. The molecule has 0 unspecified atom stereocenters. The molecule has 0 aromatic heterocycles. The predicted molar refractivity (Wildman–Crippen MR) is 74.0 cm³/mol. The van der Waals surface area contributed by atoms with Crippen LogP contribution in [0.3, 0.4) is 0 Å². The Morgan fingerprint density at radius 3 is 2.76 bits per heavy atom. The highest BCUT2D eigenvalue weighted by Crippen LogP contribution is 2.19. The van der Waals surface area contributed by atoms with Crippen LogP contribution in [0.25, 0.3) is 0 Å². The summed E-state index contributed by atoms with van der Waals surface area (Å²) in [5.74, 6) is 0.912. The molecule has 1 N–H and O–H groups in total. The second-order valence-corrected chi connectivity index (χ2v) is 4.59. The van der Waals surface area contributed by atoms with Gasteiger partial charge in [0.05, 0.1) is 7.11 Å². The number of benzene rings is 1. The number of hydrogen-bond acceptors (Lipinski definition) is 3. The highest BCUT2D eigenvalue weighted by molar-refractivity contribution is 5.49. The van der Waals surface area contributed by atoms with Crippen LogP contribution >= 0.6 is 0 Å². The molecule has 0 spiro atoms. The van der Waals surface area contributed by atoms with Gasteiger partial charge in [-0.3, -0.25) is 0 Å². The number of nitrogens with one attached hydrogen (secondary N) is 1. The Morgan fingerprint density at radius 1 is 1.35 bits per heavy atom. The monoisotopic (exact) mass is 236 g/mol. The van der Waals surface area contributed by atoms with E-state index in [1.807, 2.05) is 12.1 Å². The molecule has 96 valence electrons. The van der Waals surface area contributed by atoms with E-state index >= 15 is 0 Å². The van der Waals surface area contributed by atoms with Crippen molar-refractivity contribution in [1.82, 2.24) is 5.32 Å². The van der Waals surface area contributed by atoms with Crippen molar-refractivity contribution in [2.45, 2.75) is 26.3 Å². The first-order valence-electron chi connectivity index (χ1n) is 6.22. The molecule has 1 aromatic carbocycles. The number of methoxy groups -OCH3 is 1. The number of nitrogens with zero attached hydrogens (tertiary/aromatic N) is 1. The van der Waals surface area contributed by atoms with Crippen molar-refractivity contribution in [1.29, 1.82) is 0 Å². The van der Waals surface area contributed by atoms with Crippen molar-refractivity contribution in [3.63, 3.8) is 0 Å². The van der Waals surface area contributed by atoms with Gasteiger partial charge in [0, 0.05) is 31.4 Å². The van der Waals surface area contributed by atoms with Crippen molar-refractivity contribution in [3.8, 4) is 5.75 Å². The molecule has 0 aliphatic rings. The van der Waals surface area contributed by atoms with Gasteiger partial charge in [0.15, 0.2) is 0 Å². The summed E-state index contributed by atoms with van der Waals surface area (Å²) in [5, 5.41) is 3.42. The van der Waals surface area contributed by atoms with Crippen LogP contribution in [0.15, 0.2) is 24.3 Å². The molecule has 0 atom stereocenters. The van der Waals surface area contributed by atoms with Crippen LogP contribution in [-0.4, -0.2) is 33.3 Å². The van der Waals surface area contributed by atoms with E-state index in [-0.39, 0.29) is 0 Å². The Labute approximate surface area is 105 Å². The SMILES string of the molecule is COc1cccc(N(C)CCCNC(C)C)c1. The average molecular weight is 236 g/mol. The minimum absolute atomic E-state index is 0.567. The molecule has 3 heteroatoms. The topological polar surface area (TPSA) is 24.5 Å². The minimum Gasteiger partial charge on any atom is -0.497 e. The lowest BCUT2D eigenvalue weighted by molar-refractivity contribution is 0.415. The van der Waals surface area contributed by atoms with E-state index in [0.29, 0.717) is 6.04 Å². The van der Waals surface area contributed by atoms with Crippen molar-refractivity contribution in [3.05, 3.63) is 24.3 Å². The smallest absolute Gasteiger partial charge is 0.120 e. The Morgan fingerprint density at radius 2 is 2.12 bits per heavy atom. The van der Waals surface area contributed by atoms with Gasteiger partial charge in [0.25, 0.3) is 0 Å². The van der Waals surface area contributed by atoms with E-state index < -0.39 is 0 Å². The highest BCUT2D eigenvalue weighted by atomic mass is 16.5. The summed E-state index contributed by atoms with van der Waals surface area (Å²) in [6.07, 6.45) is 1.14. The van der Waals surface area contributed by atoms with Gasteiger partial charge in [-0.15, -0.1) is 0 Å². The van der Waals surface area contributed by atoms with Gasteiger partial charge in [0.2, 0.25) is 0 Å². The fourth-order valence-electron chi connectivity index (χ4n) is 1.68. The molecule has 0 radical (unpaired) electrons. The minimum atomic E-state index is 0.567. The summed E-state index contributed by atoms with van der Waals surface area (Å²) < 4.78 is 5.22. The third kappa shape index (κ3) is 5.09. The van der Waals surface area contributed by atoms with Gasteiger partial charge in [-0.2, -0.15) is 0 Å². The lowest BCUT2D eigenvalue weighted by atomic mass is 10.2. The number of ether oxygens (including phenoxy) is 1. The molecule has 3 nitrogen and oxygen atoms in total. The Bertz CT molecular complexity index is 326. The van der Waals surface area contributed by atoms with E-state index in [1.54, 1.807) is 7.11 Å². The van der Waals surface area contributed by atoms with E-state index in [2.05, 4.69) is 43.2 Å². The third-order valence-electron chi connectivity index (χ3n) is 2.72. The third-order valence-corrected chi connectivity index (χ3v) is 2.72. The normalized spacial score (nSPS) is 10.6. The zero-order valence-electron chi connectivity index (χ0n) is 11.4. The number of hydrogen-bond donors (Lipinski definition) is 1. The van der Waals surface area contributed by atoms with Crippen molar-refractivity contribution < 1.29 is 4.74 Å². The fourth-order valence-corrected chi connectivity index (χ4v) is 1.68. The van der Waals surface area contributed by atoms with E-state index in [0.717, 1.165) is 25.3 Å². The number of anilines is 1. The molecule has 0 saturated carbocycles. The van der Waals surface area contributed by atoms with Gasteiger partial charge in [-0.1, -0.05) is 19.9 Å². The van der Waals surface area contributed by atoms with Gasteiger partial charge >= 0.3 is 0 Å². The Balaban J connectivity index is 2.38. The predicted octanol–water partition coefficient (Wildman–Crippen LogP) is 2.52. The molecule has 17 heavy (non-hydrogen) atoms. The maximum Gasteiger partial charge on any atom is 0.120 e. The number of rotatable bonds is 7. The molecular weight excluding hydrogens is 212 g/mol. The first-order valence-corrected chi connectivity index (χ1v) is 6.22. The van der Waals surface area contributed by atoms with Crippen molar-refractivity contribution >= 4 is 5.69 Å². The molecular formula is C14H24N2O. The lowest BCUT2D eigenvalue weighted by Crippen LogP contribution is -2.27. The van der Waals surface area contributed by atoms with Crippen LogP contribution in [0.4, 0.5) is 5.69 Å². The van der Waals surface area contributed by atoms with Crippen LogP contribution in [0.5, 0.6) is 5.75 Å². The summed E-state index contributed by atoms with van der Waals surface area (Å²) >= 11 is 0. The summed E-state index contributed by atoms with van der Waals surface area (Å²) in [4.78, 5) is 2.25. The van der Waals surface area contributed by atoms with Gasteiger partial charge in [-0.25, -0.2) is 0 Å². The van der Waals surface area contributed by atoms with Gasteiger partial charge < -0.3 is 15.0 Å². The van der Waals surface area contributed by atoms with E-state index in [4.69, 9.17) is 4.74 Å². The van der Waals surface area contributed by atoms with Crippen LogP contribution < -0.4 is 15.0 Å². The maximum atomic E-state index is 5.22. The summed E-state index contributed by atoms with van der Waals surface area (Å²) in [5.41, 5.74) is 1.20. The molecule has 0 bridgehead atoms. The first kappa shape index (κ1) is 13.8. The van der Waals surface area contributed by atoms with Crippen LogP contribution in [0.2, 0.25) is 0 Å². The zero-order valence-corrected chi connectivity index (χ0v) is 11.4. The molecule has 0 aliphatic heterocycles. The summed E-state index contributed by atoms with van der Waals surface area (Å²) in [7, 11) is 3.82. The van der Waals surface area contributed by atoms with Gasteiger partial charge in [-0.05, 0) is 25.1 Å². The zero-order chi connectivity index (χ0) is 12.7. The average Bonchev–Trinajstić information content (AvgIpc) is 2.34. The molecule has 0 fully saturated rings. The fraction of sp³-hybridized carbons (Fsp3) is 0.571. The van der Waals surface area contributed by atoms with E-state index in [9.17, 15) is 0 Å². The Hall–Kier alpha value is -1.22. The molecule has 0 amide bonds. The second kappa shape index (κ2) is 7.17. The van der Waals surface area contributed by atoms with E-state index in [1.165, 1.54) is 5.69 Å². The Kier molecular flexibility index (Phi) is 5.84. The van der Waals surface area contributed by atoms with Crippen LogP contribution in [0, 0.1) is 0 Å². The quantitative estimate of drug-likeness (QED) is 0.736. The van der Waals surface area contributed by atoms with Crippen molar-refractivity contribution in [2.75, 3.05) is 32.1 Å². The first-order chi connectivity index (χ1) is 8.13. The molecule has 0 heterocycles. The molecule has 1 rings (SSSR count). The van der Waals surface area contributed by atoms with Crippen LogP contribution in [0.1, 0.15) is 20.3 Å². The van der Waals surface area contributed by atoms with Crippen LogP contribution in [-0.2, 0) is 0 Å². The summed E-state index contributed by atoms with van der Waals surface area (Å²) in [6.45, 7) is 6.45.